The summed E-state index contributed by atoms with van der Waals surface area (Å²) in [6.07, 6.45) is 40.6. The third-order valence-electron chi connectivity index (χ3n) is 9.96. The maximum Gasteiger partial charge on any atom is 0.220 e. The average Bonchev–Trinajstić information content (AvgIpc) is 3.06. The van der Waals surface area contributed by atoms with Crippen LogP contribution in [0.2, 0.25) is 0 Å². The highest BCUT2D eigenvalue weighted by molar-refractivity contribution is 5.76. The standard InChI is InChI=1S/C41H83NO4/c1-3-5-7-9-11-13-15-17-19-20-21-22-24-26-28-30-32-34-36-40(45)42-38(37-43)41(46)39(44)35-33-31-29-27-25-23-18-16-14-12-10-8-6-4-2/h38-39,41,43-44,46H,3-37H2,1-2H3,(H,42,45). The van der Waals surface area contributed by atoms with E-state index in [9.17, 15) is 20.1 Å². The first-order chi connectivity index (χ1) is 22.6. The molecule has 1 amide bonds. The second-order valence-electron chi connectivity index (χ2n) is 14.6. The Kier molecular flexibility index (Phi) is 36.6. The van der Waals surface area contributed by atoms with Crippen molar-refractivity contribution in [1.82, 2.24) is 5.32 Å². The fourth-order valence-electron chi connectivity index (χ4n) is 6.69. The Morgan fingerprint density at radius 2 is 0.739 bits per heavy atom. The number of unbranched alkanes of at least 4 members (excludes halogenated alkanes) is 30. The monoisotopic (exact) mass is 654 g/mol. The van der Waals surface area contributed by atoms with Crippen LogP contribution in [0.15, 0.2) is 0 Å². The molecule has 0 aromatic carbocycles. The summed E-state index contributed by atoms with van der Waals surface area (Å²) in [5.41, 5.74) is 0. The molecular formula is C41H83NO4. The minimum atomic E-state index is -1.13. The van der Waals surface area contributed by atoms with Crippen molar-refractivity contribution in [3.8, 4) is 0 Å². The number of rotatable bonds is 38. The lowest BCUT2D eigenvalue weighted by molar-refractivity contribution is -0.124. The van der Waals surface area contributed by atoms with Crippen molar-refractivity contribution in [3.63, 3.8) is 0 Å². The van der Waals surface area contributed by atoms with Crippen LogP contribution in [0.5, 0.6) is 0 Å². The van der Waals surface area contributed by atoms with E-state index in [4.69, 9.17) is 0 Å². The zero-order chi connectivity index (χ0) is 33.8. The van der Waals surface area contributed by atoms with Gasteiger partial charge in [-0.15, -0.1) is 0 Å². The van der Waals surface area contributed by atoms with Crippen LogP contribution in [0.3, 0.4) is 0 Å². The van der Waals surface area contributed by atoms with Gasteiger partial charge < -0.3 is 20.6 Å². The number of carbonyl (C=O) groups excluding carboxylic acids is 1. The lowest BCUT2D eigenvalue weighted by Crippen LogP contribution is -2.50. The molecule has 46 heavy (non-hydrogen) atoms. The van der Waals surface area contributed by atoms with Crippen LogP contribution in [0.25, 0.3) is 0 Å². The van der Waals surface area contributed by atoms with E-state index in [0.29, 0.717) is 12.8 Å². The Labute approximate surface area is 287 Å². The molecule has 0 rings (SSSR count). The number of aliphatic hydroxyl groups excluding tert-OH is 3. The molecule has 0 aromatic rings. The predicted octanol–water partition coefficient (Wildman–Crippen LogP) is 11.5. The van der Waals surface area contributed by atoms with E-state index in [0.717, 1.165) is 32.1 Å². The SMILES string of the molecule is CCCCCCCCCCCCCCCCCCCCC(=O)NC(CO)C(O)C(O)CCCCCCCCCCCCCCCC. The first kappa shape index (κ1) is 45.3. The molecule has 0 fully saturated rings. The summed E-state index contributed by atoms with van der Waals surface area (Å²) in [6, 6.07) is -0.801. The van der Waals surface area contributed by atoms with E-state index in [-0.39, 0.29) is 12.5 Å². The fourth-order valence-corrected chi connectivity index (χ4v) is 6.69. The van der Waals surface area contributed by atoms with Crippen LogP contribution in [0.1, 0.15) is 232 Å². The summed E-state index contributed by atoms with van der Waals surface area (Å²) in [5.74, 6) is -0.140. The van der Waals surface area contributed by atoms with Gasteiger partial charge in [-0.05, 0) is 12.8 Å². The topological polar surface area (TPSA) is 89.8 Å². The smallest absolute Gasteiger partial charge is 0.220 e. The number of aliphatic hydroxyl groups is 3. The molecule has 0 bridgehead atoms. The second kappa shape index (κ2) is 37.2. The number of nitrogens with one attached hydrogen (secondary N) is 1. The third kappa shape index (κ3) is 31.9. The third-order valence-corrected chi connectivity index (χ3v) is 9.96. The van der Waals surface area contributed by atoms with Crippen molar-refractivity contribution in [2.75, 3.05) is 6.61 Å². The van der Waals surface area contributed by atoms with Crippen molar-refractivity contribution < 1.29 is 20.1 Å². The fraction of sp³-hybridized carbons (Fsp3) is 0.976. The maximum absolute atomic E-state index is 12.4. The zero-order valence-corrected chi connectivity index (χ0v) is 31.2. The molecule has 3 unspecified atom stereocenters. The highest BCUT2D eigenvalue weighted by Crippen LogP contribution is 2.17. The Morgan fingerprint density at radius 3 is 1.04 bits per heavy atom. The number of amides is 1. The lowest BCUT2D eigenvalue weighted by Gasteiger charge is -2.26. The van der Waals surface area contributed by atoms with E-state index in [1.165, 1.54) is 173 Å². The molecular weight excluding hydrogens is 570 g/mol. The van der Waals surface area contributed by atoms with Gasteiger partial charge in [-0.2, -0.15) is 0 Å². The van der Waals surface area contributed by atoms with Gasteiger partial charge in [0.1, 0.15) is 6.10 Å². The van der Waals surface area contributed by atoms with Gasteiger partial charge in [0.05, 0.1) is 18.8 Å². The van der Waals surface area contributed by atoms with Gasteiger partial charge in [0.15, 0.2) is 0 Å². The summed E-state index contributed by atoms with van der Waals surface area (Å²) in [5, 5.41) is 33.5. The molecule has 0 spiro atoms. The number of hydrogen-bond acceptors (Lipinski definition) is 4. The van der Waals surface area contributed by atoms with Crippen molar-refractivity contribution in [1.29, 1.82) is 0 Å². The molecule has 3 atom stereocenters. The minimum Gasteiger partial charge on any atom is -0.394 e. The van der Waals surface area contributed by atoms with Crippen molar-refractivity contribution >= 4 is 5.91 Å². The minimum absolute atomic E-state index is 0.140. The van der Waals surface area contributed by atoms with E-state index in [1.807, 2.05) is 0 Å². The van der Waals surface area contributed by atoms with E-state index < -0.39 is 18.2 Å². The van der Waals surface area contributed by atoms with Gasteiger partial charge in [-0.1, -0.05) is 213 Å². The van der Waals surface area contributed by atoms with Gasteiger partial charge in [-0.3, -0.25) is 4.79 Å². The van der Waals surface area contributed by atoms with Crippen LogP contribution in [-0.4, -0.2) is 46.1 Å². The van der Waals surface area contributed by atoms with Gasteiger partial charge in [0.25, 0.3) is 0 Å². The Bertz CT molecular complexity index is 601. The van der Waals surface area contributed by atoms with E-state index >= 15 is 0 Å². The second-order valence-corrected chi connectivity index (χ2v) is 14.6. The van der Waals surface area contributed by atoms with Gasteiger partial charge >= 0.3 is 0 Å². The molecule has 0 saturated carbocycles. The zero-order valence-electron chi connectivity index (χ0n) is 31.2. The molecule has 0 aliphatic heterocycles. The van der Waals surface area contributed by atoms with E-state index in [2.05, 4.69) is 19.2 Å². The first-order valence-electron chi connectivity index (χ1n) is 20.8. The Hall–Kier alpha value is -0.650. The van der Waals surface area contributed by atoms with Gasteiger partial charge in [0, 0.05) is 6.42 Å². The van der Waals surface area contributed by atoms with Crippen molar-refractivity contribution in [3.05, 3.63) is 0 Å². The van der Waals surface area contributed by atoms with Crippen LogP contribution in [-0.2, 0) is 4.79 Å². The summed E-state index contributed by atoms with van der Waals surface area (Å²) < 4.78 is 0. The first-order valence-corrected chi connectivity index (χ1v) is 20.8. The number of carbonyl (C=O) groups is 1. The summed E-state index contributed by atoms with van der Waals surface area (Å²) >= 11 is 0. The quantitative estimate of drug-likeness (QED) is 0.0499. The van der Waals surface area contributed by atoms with Crippen LogP contribution in [0, 0.1) is 0 Å². The largest absolute Gasteiger partial charge is 0.394 e. The van der Waals surface area contributed by atoms with Gasteiger partial charge in [0.2, 0.25) is 5.91 Å². The van der Waals surface area contributed by atoms with Crippen molar-refractivity contribution in [2.45, 2.75) is 250 Å². The molecule has 0 radical (unpaired) electrons. The highest BCUT2D eigenvalue weighted by atomic mass is 16.3. The molecule has 0 heterocycles. The molecule has 5 nitrogen and oxygen atoms in total. The van der Waals surface area contributed by atoms with Crippen LogP contribution < -0.4 is 5.32 Å². The summed E-state index contributed by atoms with van der Waals surface area (Å²) in [4.78, 5) is 12.4. The lowest BCUT2D eigenvalue weighted by atomic mass is 9.99. The molecule has 0 aliphatic carbocycles. The number of hydrogen-bond donors (Lipinski definition) is 4. The normalized spacial score (nSPS) is 13.6. The maximum atomic E-state index is 12.4. The summed E-state index contributed by atoms with van der Waals surface area (Å²) in [6.45, 7) is 4.19. The molecule has 276 valence electrons. The predicted molar refractivity (Wildman–Crippen MR) is 199 cm³/mol. The molecule has 4 N–H and O–H groups in total. The Morgan fingerprint density at radius 1 is 0.457 bits per heavy atom. The van der Waals surface area contributed by atoms with Crippen LogP contribution in [0.4, 0.5) is 0 Å². The molecule has 0 aliphatic rings. The average molecular weight is 654 g/mol. The van der Waals surface area contributed by atoms with Crippen molar-refractivity contribution in [2.24, 2.45) is 0 Å². The summed E-state index contributed by atoms with van der Waals surface area (Å²) in [7, 11) is 0. The van der Waals surface area contributed by atoms with Gasteiger partial charge in [-0.25, -0.2) is 0 Å². The Balaban J connectivity index is 3.60. The van der Waals surface area contributed by atoms with E-state index in [1.54, 1.807) is 0 Å². The van der Waals surface area contributed by atoms with Crippen LogP contribution >= 0.6 is 0 Å². The molecule has 0 saturated heterocycles. The highest BCUT2D eigenvalue weighted by Gasteiger charge is 2.26. The molecule has 0 aromatic heterocycles. The molecule has 5 heteroatoms.